The van der Waals surface area contributed by atoms with Crippen LogP contribution in [-0.4, -0.2) is 54.9 Å². The Morgan fingerprint density at radius 3 is 2.74 bits per heavy atom. The summed E-state index contributed by atoms with van der Waals surface area (Å²) in [6.45, 7) is 8.32. The number of hydrogen-bond acceptors (Lipinski definition) is 8. The lowest BCUT2D eigenvalue weighted by Crippen LogP contribution is -2.52. The topological polar surface area (TPSA) is 110 Å². The standard InChI is InChI=1S/C27H31FN8O2/c1-17-7-8-18(32-26(37)38-27(2,3)4)16-35(17)23-11-13-29-15-22(23)33-25-31-14-19-9-10-21(34-36(19)25)24-20(28)6-5-12-30-24/h5-6,9-15,17-18H,7-8,16H2,1-4H3,(H,31,33)(H,32,37)/t17-,18-/m1/s1. The molecular formula is C27H31FN8O2. The molecule has 2 N–H and O–H groups in total. The van der Waals surface area contributed by atoms with Crippen molar-refractivity contribution >= 4 is 28.9 Å². The maximum Gasteiger partial charge on any atom is 0.407 e. The Morgan fingerprint density at radius 1 is 1.11 bits per heavy atom. The first-order chi connectivity index (χ1) is 18.2. The van der Waals surface area contributed by atoms with Crippen molar-refractivity contribution in [1.29, 1.82) is 0 Å². The van der Waals surface area contributed by atoms with Gasteiger partial charge in [0.05, 0.1) is 29.3 Å². The summed E-state index contributed by atoms with van der Waals surface area (Å²) in [5, 5.41) is 10.9. The number of piperidine rings is 1. The molecule has 1 saturated heterocycles. The van der Waals surface area contributed by atoms with Crippen LogP contribution < -0.4 is 15.5 Å². The number of fused-ring (bicyclic) bond motifs is 1. The lowest BCUT2D eigenvalue weighted by atomic mass is 9.98. The van der Waals surface area contributed by atoms with Crippen molar-refractivity contribution in [3.63, 3.8) is 0 Å². The van der Waals surface area contributed by atoms with Crippen molar-refractivity contribution in [3.8, 4) is 11.4 Å². The predicted octanol–water partition coefficient (Wildman–Crippen LogP) is 4.95. The normalized spacial score (nSPS) is 17.9. The van der Waals surface area contributed by atoms with Gasteiger partial charge in [-0.2, -0.15) is 9.61 Å². The van der Waals surface area contributed by atoms with Gasteiger partial charge in [0, 0.05) is 31.0 Å². The van der Waals surface area contributed by atoms with Gasteiger partial charge in [-0.3, -0.25) is 9.97 Å². The molecule has 38 heavy (non-hydrogen) atoms. The van der Waals surface area contributed by atoms with Crippen molar-refractivity contribution < 1.29 is 13.9 Å². The lowest BCUT2D eigenvalue weighted by Gasteiger charge is -2.40. The molecule has 1 aliphatic heterocycles. The van der Waals surface area contributed by atoms with E-state index < -0.39 is 17.5 Å². The molecule has 0 aromatic carbocycles. The Morgan fingerprint density at radius 2 is 1.95 bits per heavy atom. The largest absolute Gasteiger partial charge is 0.444 e. The summed E-state index contributed by atoms with van der Waals surface area (Å²) in [5.41, 5.74) is 2.40. The number of imidazole rings is 1. The van der Waals surface area contributed by atoms with Crippen LogP contribution in [0.5, 0.6) is 0 Å². The summed E-state index contributed by atoms with van der Waals surface area (Å²) in [7, 11) is 0. The Labute approximate surface area is 220 Å². The molecule has 0 aliphatic carbocycles. The SMILES string of the molecule is C[C@@H]1CC[C@@H](NC(=O)OC(C)(C)C)CN1c1ccncc1Nc1ncc2ccc(-c3ncccc3F)nn12. The third kappa shape index (κ3) is 5.51. The molecule has 4 aromatic rings. The first-order valence-corrected chi connectivity index (χ1v) is 12.6. The van der Waals surface area contributed by atoms with Crippen LogP contribution in [0.25, 0.3) is 16.9 Å². The molecule has 1 aliphatic rings. The van der Waals surface area contributed by atoms with E-state index in [0.29, 0.717) is 18.2 Å². The van der Waals surface area contributed by atoms with Crippen molar-refractivity contribution in [2.75, 3.05) is 16.8 Å². The predicted molar refractivity (Wildman–Crippen MR) is 143 cm³/mol. The fourth-order valence-corrected chi connectivity index (χ4v) is 4.56. The Bertz CT molecular complexity index is 1450. The van der Waals surface area contributed by atoms with Gasteiger partial charge in [-0.05, 0) is 70.9 Å². The number of nitrogens with zero attached hydrogens (tertiary/aromatic N) is 6. The highest BCUT2D eigenvalue weighted by molar-refractivity contribution is 5.74. The number of aromatic nitrogens is 5. The molecule has 0 unspecified atom stereocenters. The zero-order valence-corrected chi connectivity index (χ0v) is 21.8. The number of carbonyl (C=O) groups is 1. The highest BCUT2D eigenvalue weighted by Gasteiger charge is 2.29. The van der Waals surface area contributed by atoms with Crippen LogP contribution in [0.3, 0.4) is 0 Å². The van der Waals surface area contributed by atoms with Gasteiger partial charge in [0.15, 0.2) is 5.82 Å². The molecule has 0 saturated carbocycles. The highest BCUT2D eigenvalue weighted by Crippen LogP contribution is 2.33. The van der Waals surface area contributed by atoms with E-state index in [0.717, 1.165) is 29.7 Å². The molecule has 1 amide bonds. The minimum absolute atomic E-state index is 0.0631. The van der Waals surface area contributed by atoms with Gasteiger partial charge < -0.3 is 20.3 Å². The molecular weight excluding hydrogens is 487 g/mol. The fraction of sp³-hybridized carbons (Fsp3) is 0.370. The van der Waals surface area contributed by atoms with Crippen molar-refractivity contribution in [2.45, 2.75) is 58.2 Å². The van der Waals surface area contributed by atoms with Crippen LogP contribution >= 0.6 is 0 Å². The van der Waals surface area contributed by atoms with Gasteiger partial charge in [-0.1, -0.05) is 0 Å². The van der Waals surface area contributed by atoms with Crippen molar-refractivity contribution in [3.05, 3.63) is 60.9 Å². The average Bonchev–Trinajstić information content (AvgIpc) is 3.27. The molecule has 0 spiro atoms. The van der Waals surface area contributed by atoms with E-state index in [9.17, 15) is 9.18 Å². The van der Waals surface area contributed by atoms with Crippen LogP contribution in [0, 0.1) is 5.82 Å². The molecule has 198 valence electrons. The second-order valence-electron chi connectivity index (χ2n) is 10.4. The van der Waals surface area contributed by atoms with Gasteiger partial charge in [-0.25, -0.2) is 14.2 Å². The zero-order chi connectivity index (χ0) is 26.9. The van der Waals surface area contributed by atoms with E-state index in [1.165, 1.54) is 12.3 Å². The molecule has 11 heteroatoms. The van der Waals surface area contributed by atoms with Gasteiger partial charge in [0.1, 0.15) is 17.0 Å². The molecule has 4 aromatic heterocycles. The molecule has 0 radical (unpaired) electrons. The number of nitrogens with one attached hydrogen (secondary N) is 2. The van der Waals surface area contributed by atoms with E-state index in [-0.39, 0.29) is 17.8 Å². The first-order valence-electron chi connectivity index (χ1n) is 12.6. The number of alkyl carbamates (subject to hydrolysis) is 1. The summed E-state index contributed by atoms with van der Waals surface area (Å²) >= 11 is 0. The molecule has 1 fully saturated rings. The minimum Gasteiger partial charge on any atom is -0.444 e. The second kappa shape index (κ2) is 10.2. The Hall–Kier alpha value is -4.28. The maximum atomic E-state index is 14.3. The van der Waals surface area contributed by atoms with Gasteiger partial charge >= 0.3 is 6.09 Å². The van der Waals surface area contributed by atoms with Gasteiger partial charge in [0.2, 0.25) is 5.95 Å². The molecule has 5 heterocycles. The maximum absolute atomic E-state index is 14.3. The molecule has 5 rings (SSSR count). The summed E-state index contributed by atoms with van der Waals surface area (Å²) < 4.78 is 21.4. The van der Waals surface area contributed by atoms with E-state index in [1.807, 2.05) is 32.9 Å². The first kappa shape index (κ1) is 25.4. The van der Waals surface area contributed by atoms with Gasteiger partial charge in [-0.15, -0.1) is 0 Å². The zero-order valence-electron chi connectivity index (χ0n) is 21.8. The fourth-order valence-electron chi connectivity index (χ4n) is 4.56. The number of halogens is 1. The van der Waals surface area contributed by atoms with Crippen LogP contribution in [0.15, 0.2) is 55.1 Å². The number of pyridine rings is 2. The highest BCUT2D eigenvalue weighted by atomic mass is 19.1. The second-order valence-corrected chi connectivity index (χ2v) is 10.4. The third-order valence-corrected chi connectivity index (χ3v) is 6.34. The number of amides is 1. The number of carbonyl (C=O) groups excluding carboxylic acids is 1. The summed E-state index contributed by atoms with van der Waals surface area (Å²) in [6.07, 6.45) is 8.03. The van der Waals surface area contributed by atoms with E-state index in [1.54, 1.807) is 35.2 Å². The van der Waals surface area contributed by atoms with Crippen LogP contribution in [0.4, 0.5) is 26.5 Å². The summed E-state index contributed by atoms with van der Waals surface area (Å²) in [5.74, 6) is 0.0117. The van der Waals surface area contributed by atoms with E-state index in [2.05, 4.69) is 42.5 Å². The third-order valence-electron chi connectivity index (χ3n) is 6.34. The lowest BCUT2D eigenvalue weighted by molar-refractivity contribution is 0.0498. The van der Waals surface area contributed by atoms with Gasteiger partial charge in [0.25, 0.3) is 0 Å². The molecule has 2 atom stereocenters. The van der Waals surface area contributed by atoms with Crippen LogP contribution in [0.1, 0.15) is 40.5 Å². The minimum atomic E-state index is -0.558. The van der Waals surface area contributed by atoms with E-state index >= 15 is 0 Å². The molecule has 0 bridgehead atoms. The Balaban J connectivity index is 1.40. The Kier molecular flexibility index (Phi) is 6.83. The van der Waals surface area contributed by atoms with Crippen molar-refractivity contribution in [1.82, 2.24) is 29.9 Å². The molecule has 10 nitrogen and oxygen atoms in total. The quantitative estimate of drug-likeness (QED) is 0.382. The summed E-state index contributed by atoms with van der Waals surface area (Å²) in [6, 6.07) is 8.55. The van der Waals surface area contributed by atoms with Crippen molar-refractivity contribution in [2.24, 2.45) is 0 Å². The summed E-state index contributed by atoms with van der Waals surface area (Å²) in [4.78, 5) is 27.6. The van der Waals surface area contributed by atoms with E-state index in [4.69, 9.17) is 4.74 Å². The van der Waals surface area contributed by atoms with Crippen LogP contribution in [0.2, 0.25) is 0 Å². The average molecular weight is 519 g/mol. The van der Waals surface area contributed by atoms with Crippen LogP contribution in [-0.2, 0) is 4.74 Å². The monoisotopic (exact) mass is 518 g/mol. The number of hydrogen-bond donors (Lipinski definition) is 2. The number of ether oxygens (including phenoxy) is 1. The smallest absolute Gasteiger partial charge is 0.407 e. The number of anilines is 3. The number of rotatable bonds is 5.